The second-order valence-electron chi connectivity index (χ2n) is 13.2. The number of para-hydroxylation sites is 1. The summed E-state index contributed by atoms with van der Waals surface area (Å²) in [5.41, 5.74) is 4.55. The number of hydrogen-bond donors (Lipinski definition) is 1. The zero-order valence-corrected chi connectivity index (χ0v) is 28.3. The molecule has 1 N–H and O–H groups in total. The summed E-state index contributed by atoms with van der Waals surface area (Å²) in [6, 6.07) is 23.4. The number of hydrazine groups is 1. The molecule has 2 aliphatic heterocycles. The lowest BCUT2D eigenvalue weighted by atomic mass is 9.97. The highest BCUT2D eigenvalue weighted by molar-refractivity contribution is 6.07. The number of aromatic nitrogens is 1. The number of ketones is 1. The molecule has 0 bridgehead atoms. The van der Waals surface area contributed by atoms with Gasteiger partial charge >= 0.3 is 0 Å². The van der Waals surface area contributed by atoms with Crippen LogP contribution in [0.25, 0.3) is 10.9 Å². The number of benzene rings is 3. The van der Waals surface area contributed by atoms with Gasteiger partial charge in [-0.15, -0.1) is 6.58 Å². The Labute approximate surface area is 282 Å². The van der Waals surface area contributed by atoms with Gasteiger partial charge in [0.25, 0.3) is 0 Å². The van der Waals surface area contributed by atoms with E-state index in [4.69, 9.17) is 4.74 Å². The Kier molecular flexibility index (Phi) is 9.80. The summed E-state index contributed by atoms with van der Waals surface area (Å²) in [4.78, 5) is 48.0. The second kappa shape index (κ2) is 14.2. The van der Waals surface area contributed by atoms with Crippen LogP contribution in [0.5, 0.6) is 5.75 Å². The SMILES string of the molecule is C=CCN1CC(=O)N2C(Cc3ccc(OC(C)C)cc3)C(=O)N(Cc3cccc4c(C(C)=O)c[nH]c34)CC2N1C(C)Cc1ccccc1. The number of carbonyl (C=O) groups is 3. The third kappa shape index (κ3) is 6.79. The average Bonchev–Trinajstić information content (AvgIpc) is 3.50. The Morgan fingerprint density at radius 2 is 1.75 bits per heavy atom. The highest BCUT2D eigenvalue weighted by atomic mass is 16.5. The normalized spacial score (nSPS) is 19.5. The topological polar surface area (TPSA) is 89.2 Å². The number of nitrogens with one attached hydrogen (secondary N) is 1. The molecule has 250 valence electrons. The minimum Gasteiger partial charge on any atom is -0.491 e. The highest BCUT2D eigenvalue weighted by Crippen LogP contribution is 2.32. The van der Waals surface area contributed by atoms with Gasteiger partial charge in [-0.1, -0.05) is 66.7 Å². The quantitative estimate of drug-likeness (QED) is 0.159. The van der Waals surface area contributed by atoms with Gasteiger partial charge in [-0.2, -0.15) is 0 Å². The van der Waals surface area contributed by atoms with Crippen LogP contribution in [0.3, 0.4) is 0 Å². The van der Waals surface area contributed by atoms with Crippen molar-refractivity contribution in [3.8, 4) is 5.75 Å². The molecule has 0 radical (unpaired) electrons. The van der Waals surface area contributed by atoms with E-state index in [1.54, 1.807) is 13.1 Å². The van der Waals surface area contributed by atoms with Crippen LogP contribution >= 0.6 is 0 Å². The summed E-state index contributed by atoms with van der Waals surface area (Å²) in [6.45, 7) is 13.1. The highest BCUT2D eigenvalue weighted by Gasteiger charge is 2.50. The summed E-state index contributed by atoms with van der Waals surface area (Å²) in [5, 5.41) is 5.22. The van der Waals surface area contributed by atoms with Crippen LogP contribution in [0.4, 0.5) is 0 Å². The molecule has 6 rings (SSSR count). The van der Waals surface area contributed by atoms with Gasteiger partial charge in [0.1, 0.15) is 18.0 Å². The lowest BCUT2D eigenvalue weighted by Crippen LogP contribution is -2.76. The van der Waals surface area contributed by atoms with Crippen LogP contribution in [-0.4, -0.2) is 86.4 Å². The first-order chi connectivity index (χ1) is 23.1. The third-order valence-electron chi connectivity index (χ3n) is 9.31. The molecule has 1 aromatic heterocycles. The van der Waals surface area contributed by atoms with Crippen molar-refractivity contribution in [3.63, 3.8) is 0 Å². The summed E-state index contributed by atoms with van der Waals surface area (Å²) in [6.07, 6.45) is 4.39. The van der Waals surface area contributed by atoms with Crippen molar-refractivity contribution in [1.29, 1.82) is 0 Å². The molecule has 3 atom stereocenters. The number of aromatic amines is 1. The number of piperazine rings is 1. The van der Waals surface area contributed by atoms with Crippen molar-refractivity contribution in [2.24, 2.45) is 0 Å². The average molecular weight is 648 g/mol. The number of amides is 2. The van der Waals surface area contributed by atoms with Gasteiger partial charge in [0.2, 0.25) is 11.8 Å². The molecular formula is C39H45N5O4. The molecule has 9 nitrogen and oxygen atoms in total. The van der Waals surface area contributed by atoms with Gasteiger partial charge in [0.05, 0.1) is 24.7 Å². The monoisotopic (exact) mass is 647 g/mol. The van der Waals surface area contributed by atoms with Crippen LogP contribution in [0, 0.1) is 0 Å². The van der Waals surface area contributed by atoms with Gasteiger partial charge in [0, 0.05) is 42.7 Å². The van der Waals surface area contributed by atoms with Gasteiger partial charge in [0.15, 0.2) is 5.78 Å². The smallest absolute Gasteiger partial charge is 0.246 e. The van der Waals surface area contributed by atoms with Crippen molar-refractivity contribution < 1.29 is 19.1 Å². The molecule has 2 fully saturated rings. The number of nitrogens with zero attached hydrogens (tertiary/aromatic N) is 4. The lowest BCUT2D eigenvalue weighted by molar-refractivity contribution is -0.210. The number of carbonyl (C=O) groups excluding carboxylic acids is 3. The van der Waals surface area contributed by atoms with Crippen LogP contribution in [-0.2, 0) is 29.0 Å². The molecule has 0 spiro atoms. The zero-order chi connectivity index (χ0) is 33.9. The Bertz CT molecular complexity index is 1780. The largest absolute Gasteiger partial charge is 0.491 e. The number of ether oxygens (including phenoxy) is 1. The Balaban J connectivity index is 1.38. The minimum absolute atomic E-state index is 0.0148. The fraction of sp³-hybridized carbons (Fsp3) is 0.359. The summed E-state index contributed by atoms with van der Waals surface area (Å²) >= 11 is 0. The number of H-pyrrole nitrogens is 1. The molecule has 3 aromatic carbocycles. The fourth-order valence-corrected chi connectivity index (χ4v) is 7.27. The minimum atomic E-state index is -0.693. The van der Waals surface area contributed by atoms with E-state index in [1.807, 2.05) is 90.4 Å². The van der Waals surface area contributed by atoms with Crippen LogP contribution in [0.2, 0.25) is 0 Å². The standard InChI is InChI=1S/C39H45N5O4/c1-6-19-42-25-37(46)43-35(21-30-15-17-32(18-16-30)48-26(2)3)39(47)41(23-31-13-10-14-33-34(28(5)45)22-40-38(31)33)24-36(43)44(42)27(4)20-29-11-8-7-9-12-29/h6-18,22,26-27,35-36,40H,1,19-21,23-25H2,2-5H3. The summed E-state index contributed by atoms with van der Waals surface area (Å²) < 4.78 is 5.86. The summed E-state index contributed by atoms with van der Waals surface area (Å²) in [7, 11) is 0. The van der Waals surface area contributed by atoms with Crippen molar-refractivity contribution in [2.45, 2.75) is 71.4 Å². The molecule has 9 heteroatoms. The maximum Gasteiger partial charge on any atom is 0.246 e. The molecule has 2 amide bonds. The predicted octanol–water partition coefficient (Wildman–Crippen LogP) is 5.62. The second-order valence-corrected chi connectivity index (χ2v) is 13.2. The van der Waals surface area contributed by atoms with Crippen molar-refractivity contribution in [3.05, 3.63) is 114 Å². The number of rotatable bonds is 12. The van der Waals surface area contributed by atoms with Gasteiger partial charge in [-0.25, -0.2) is 10.0 Å². The molecule has 3 heterocycles. The van der Waals surface area contributed by atoms with Crippen molar-refractivity contribution in [2.75, 3.05) is 19.6 Å². The first kappa shape index (κ1) is 33.2. The summed E-state index contributed by atoms with van der Waals surface area (Å²) in [5.74, 6) is 0.590. The maximum atomic E-state index is 14.6. The van der Waals surface area contributed by atoms with E-state index in [1.165, 1.54) is 5.56 Å². The van der Waals surface area contributed by atoms with E-state index in [-0.39, 0.29) is 42.5 Å². The number of hydrogen-bond acceptors (Lipinski definition) is 6. The van der Waals surface area contributed by atoms with Crippen molar-refractivity contribution in [1.82, 2.24) is 24.8 Å². The molecule has 0 aliphatic carbocycles. The van der Waals surface area contributed by atoms with Crippen molar-refractivity contribution >= 4 is 28.5 Å². The molecule has 4 aromatic rings. The van der Waals surface area contributed by atoms with Crippen LogP contribution in [0.15, 0.2) is 91.6 Å². The maximum absolute atomic E-state index is 14.6. The van der Waals surface area contributed by atoms with Gasteiger partial charge in [-0.05, 0) is 62.9 Å². The Morgan fingerprint density at radius 1 is 1.00 bits per heavy atom. The molecule has 2 saturated heterocycles. The lowest BCUT2D eigenvalue weighted by Gasteiger charge is -2.57. The number of fused-ring (bicyclic) bond motifs is 2. The van der Waals surface area contributed by atoms with E-state index < -0.39 is 6.04 Å². The van der Waals surface area contributed by atoms with E-state index in [9.17, 15) is 14.4 Å². The Hall–Kier alpha value is -4.73. The van der Waals surface area contributed by atoms with E-state index in [2.05, 4.69) is 40.6 Å². The first-order valence-electron chi connectivity index (χ1n) is 16.8. The third-order valence-corrected chi connectivity index (χ3v) is 9.31. The molecule has 3 unspecified atom stereocenters. The predicted molar refractivity (Wildman–Crippen MR) is 187 cm³/mol. The molecular weight excluding hydrogens is 602 g/mol. The van der Waals surface area contributed by atoms with Gasteiger partial charge in [-0.3, -0.25) is 14.4 Å². The van der Waals surface area contributed by atoms with E-state index in [0.29, 0.717) is 31.6 Å². The van der Waals surface area contributed by atoms with E-state index >= 15 is 0 Å². The van der Waals surface area contributed by atoms with Crippen LogP contribution < -0.4 is 4.74 Å². The zero-order valence-electron chi connectivity index (χ0n) is 28.3. The van der Waals surface area contributed by atoms with E-state index in [0.717, 1.165) is 34.2 Å². The molecule has 2 aliphatic rings. The fourth-order valence-electron chi connectivity index (χ4n) is 7.27. The molecule has 0 saturated carbocycles. The van der Waals surface area contributed by atoms with Gasteiger partial charge < -0.3 is 19.5 Å². The molecule has 48 heavy (non-hydrogen) atoms. The number of Topliss-reactive ketones (excluding diaryl/α,β-unsaturated/α-hetero) is 1. The van der Waals surface area contributed by atoms with Crippen LogP contribution in [0.1, 0.15) is 54.7 Å². The Morgan fingerprint density at radius 3 is 2.44 bits per heavy atom. The first-order valence-corrected chi connectivity index (χ1v) is 16.8.